The SMILES string of the molecule is CN(C)c1ccccc1NC(=O)C1CNCCO1. The molecule has 1 fully saturated rings. The highest BCUT2D eigenvalue weighted by atomic mass is 16.5. The highest BCUT2D eigenvalue weighted by Gasteiger charge is 2.22. The highest BCUT2D eigenvalue weighted by molar-refractivity contribution is 5.97. The molecule has 0 spiro atoms. The molecule has 1 atom stereocenters. The summed E-state index contributed by atoms with van der Waals surface area (Å²) in [6.07, 6.45) is -0.408. The van der Waals surface area contributed by atoms with Crippen LogP contribution < -0.4 is 15.5 Å². The minimum Gasteiger partial charge on any atom is -0.376 e. The predicted molar refractivity (Wildman–Crippen MR) is 72.0 cm³/mol. The number of para-hydroxylation sites is 2. The number of ether oxygens (including phenoxy) is 1. The Kier molecular flexibility index (Phi) is 4.17. The Morgan fingerprint density at radius 1 is 1.44 bits per heavy atom. The van der Waals surface area contributed by atoms with Crippen LogP contribution >= 0.6 is 0 Å². The number of morpholine rings is 1. The average molecular weight is 249 g/mol. The molecule has 0 radical (unpaired) electrons. The van der Waals surface area contributed by atoms with Crippen molar-refractivity contribution in [2.45, 2.75) is 6.10 Å². The van der Waals surface area contributed by atoms with Crippen LogP contribution in [0, 0.1) is 0 Å². The van der Waals surface area contributed by atoms with Gasteiger partial charge in [-0.1, -0.05) is 12.1 Å². The van der Waals surface area contributed by atoms with Crippen LogP contribution in [0.5, 0.6) is 0 Å². The first-order chi connectivity index (χ1) is 8.68. The molecule has 0 aromatic heterocycles. The van der Waals surface area contributed by atoms with Gasteiger partial charge in [0.2, 0.25) is 0 Å². The van der Waals surface area contributed by atoms with E-state index in [0.29, 0.717) is 13.2 Å². The Hall–Kier alpha value is -1.59. The number of rotatable bonds is 3. The number of nitrogens with zero attached hydrogens (tertiary/aromatic N) is 1. The zero-order chi connectivity index (χ0) is 13.0. The van der Waals surface area contributed by atoms with E-state index in [1.165, 1.54) is 0 Å². The fraction of sp³-hybridized carbons (Fsp3) is 0.462. The van der Waals surface area contributed by atoms with Gasteiger partial charge in [0.05, 0.1) is 18.0 Å². The zero-order valence-electron chi connectivity index (χ0n) is 10.8. The number of carbonyl (C=O) groups excluding carboxylic acids is 1. The van der Waals surface area contributed by atoms with Crippen LogP contribution in [0.15, 0.2) is 24.3 Å². The molecular weight excluding hydrogens is 230 g/mol. The molecule has 0 bridgehead atoms. The van der Waals surface area contributed by atoms with E-state index in [4.69, 9.17) is 4.74 Å². The molecule has 5 nitrogen and oxygen atoms in total. The topological polar surface area (TPSA) is 53.6 Å². The van der Waals surface area contributed by atoms with Crippen molar-refractivity contribution in [2.24, 2.45) is 0 Å². The average Bonchev–Trinajstić information content (AvgIpc) is 2.40. The predicted octanol–water partition coefficient (Wildman–Crippen LogP) is 0.679. The summed E-state index contributed by atoms with van der Waals surface area (Å²) in [5.74, 6) is -0.100. The molecule has 2 rings (SSSR count). The number of amides is 1. The summed E-state index contributed by atoms with van der Waals surface area (Å²) in [4.78, 5) is 14.0. The molecule has 18 heavy (non-hydrogen) atoms. The van der Waals surface area contributed by atoms with Gasteiger partial charge in [-0.25, -0.2) is 0 Å². The Bertz CT molecular complexity index is 414. The fourth-order valence-electron chi connectivity index (χ4n) is 1.92. The van der Waals surface area contributed by atoms with Crippen molar-refractivity contribution in [3.8, 4) is 0 Å². The summed E-state index contributed by atoms with van der Waals surface area (Å²) < 4.78 is 5.42. The van der Waals surface area contributed by atoms with E-state index in [-0.39, 0.29) is 5.91 Å². The maximum atomic E-state index is 12.0. The second kappa shape index (κ2) is 5.84. The molecule has 1 aliphatic rings. The fourth-order valence-corrected chi connectivity index (χ4v) is 1.92. The standard InChI is InChI=1S/C13H19N3O2/c1-16(2)11-6-4-3-5-10(11)15-13(17)12-9-14-7-8-18-12/h3-6,12,14H,7-9H2,1-2H3,(H,15,17). The van der Waals surface area contributed by atoms with Crippen molar-refractivity contribution in [2.75, 3.05) is 44.0 Å². The Labute approximate surface area is 107 Å². The maximum Gasteiger partial charge on any atom is 0.254 e. The number of hydrogen-bond acceptors (Lipinski definition) is 4. The van der Waals surface area contributed by atoms with Crippen LogP contribution in [-0.4, -0.2) is 45.8 Å². The molecule has 0 saturated carbocycles. The van der Waals surface area contributed by atoms with Gasteiger partial charge < -0.3 is 20.3 Å². The largest absolute Gasteiger partial charge is 0.376 e. The normalized spacial score (nSPS) is 19.3. The summed E-state index contributed by atoms with van der Waals surface area (Å²) in [7, 11) is 3.90. The molecule has 1 aromatic carbocycles. The van der Waals surface area contributed by atoms with Crippen molar-refractivity contribution in [1.29, 1.82) is 0 Å². The van der Waals surface area contributed by atoms with Gasteiger partial charge >= 0.3 is 0 Å². The zero-order valence-corrected chi connectivity index (χ0v) is 10.8. The molecule has 0 aliphatic carbocycles. The van der Waals surface area contributed by atoms with Crippen LogP contribution in [-0.2, 0) is 9.53 Å². The second-order valence-corrected chi connectivity index (χ2v) is 4.46. The molecule has 1 heterocycles. The van der Waals surface area contributed by atoms with Crippen LogP contribution in [0.3, 0.4) is 0 Å². The molecular formula is C13H19N3O2. The quantitative estimate of drug-likeness (QED) is 0.827. The molecule has 1 aliphatic heterocycles. The van der Waals surface area contributed by atoms with E-state index in [9.17, 15) is 4.79 Å². The Morgan fingerprint density at radius 3 is 2.89 bits per heavy atom. The van der Waals surface area contributed by atoms with Crippen molar-refractivity contribution in [1.82, 2.24) is 5.32 Å². The number of anilines is 2. The first-order valence-corrected chi connectivity index (χ1v) is 6.08. The first kappa shape index (κ1) is 12.9. The van der Waals surface area contributed by atoms with E-state index >= 15 is 0 Å². The van der Waals surface area contributed by atoms with E-state index in [0.717, 1.165) is 17.9 Å². The smallest absolute Gasteiger partial charge is 0.254 e. The third kappa shape index (κ3) is 3.00. The third-order valence-electron chi connectivity index (χ3n) is 2.86. The number of nitrogens with one attached hydrogen (secondary N) is 2. The lowest BCUT2D eigenvalue weighted by Crippen LogP contribution is -2.45. The summed E-state index contributed by atoms with van der Waals surface area (Å²) in [5.41, 5.74) is 1.79. The molecule has 1 unspecified atom stereocenters. The van der Waals surface area contributed by atoms with Crippen molar-refractivity contribution in [3.63, 3.8) is 0 Å². The minimum atomic E-state index is -0.408. The minimum absolute atomic E-state index is 0.100. The summed E-state index contributed by atoms with van der Waals surface area (Å²) in [6.45, 7) is 1.95. The van der Waals surface area contributed by atoms with Gasteiger partial charge in [0.1, 0.15) is 6.10 Å². The molecule has 1 saturated heterocycles. The van der Waals surface area contributed by atoms with E-state index in [1.54, 1.807) is 0 Å². The monoisotopic (exact) mass is 249 g/mol. The summed E-state index contributed by atoms with van der Waals surface area (Å²) >= 11 is 0. The summed E-state index contributed by atoms with van der Waals surface area (Å²) in [6, 6.07) is 7.71. The lowest BCUT2D eigenvalue weighted by atomic mass is 10.2. The Morgan fingerprint density at radius 2 is 2.22 bits per heavy atom. The number of carbonyl (C=O) groups is 1. The van der Waals surface area contributed by atoms with E-state index < -0.39 is 6.10 Å². The molecule has 5 heteroatoms. The van der Waals surface area contributed by atoms with Crippen LogP contribution in [0.2, 0.25) is 0 Å². The third-order valence-corrected chi connectivity index (χ3v) is 2.86. The van der Waals surface area contributed by atoms with Crippen molar-refractivity contribution < 1.29 is 9.53 Å². The lowest BCUT2D eigenvalue weighted by molar-refractivity contribution is -0.128. The van der Waals surface area contributed by atoms with Gasteiger partial charge in [-0.3, -0.25) is 4.79 Å². The first-order valence-electron chi connectivity index (χ1n) is 6.08. The summed E-state index contributed by atoms with van der Waals surface area (Å²) in [5, 5.41) is 6.06. The van der Waals surface area contributed by atoms with Gasteiger partial charge in [-0.05, 0) is 12.1 Å². The molecule has 1 aromatic rings. The van der Waals surface area contributed by atoms with E-state index in [1.807, 2.05) is 43.3 Å². The number of benzene rings is 1. The van der Waals surface area contributed by atoms with Gasteiger partial charge in [0.25, 0.3) is 5.91 Å². The molecule has 1 amide bonds. The van der Waals surface area contributed by atoms with Gasteiger partial charge in [0, 0.05) is 27.2 Å². The van der Waals surface area contributed by atoms with Gasteiger partial charge in [0.15, 0.2) is 0 Å². The van der Waals surface area contributed by atoms with Crippen molar-refractivity contribution in [3.05, 3.63) is 24.3 Å². The van der Waals surface area contributed by atoms with Crippen LogP contribution in [0.25, 0.3) is 0 Å². The van der Waals surface area contributed by atoms with Gasteiger partial charge in [-0.2, -0.15) is 0 Å². The van der Waals surface area contributed by atoms with E-state index in [2.05, 4.69) is 10.6 Å². The van der Waals surface area contributed by atoms with Crippen LogP contribution in [0.4, 0.5) is 11.4 Å². The van der Waals surface area contributed by atoms with Gasteiger partial charge in [-0.15, -0.1) is 0 Å². The van der Waals surface area contributed by atoms with Crippen molar-refractivity contribution >= 4 is 17.3 Å². The molecule has 98 valence electrons. The molecule has 2 N–H and O–H groups in total. The van der Waals surface area contributed by atoms with Crippen LogP contribution in [0.1, 0.15) is 0 Å². The Balaban J connectivity index is 2.06. The number of hydrogen-bond donors (Lipinski definition) is 2. The lowest BCUT2D eigenvalue weighted by Gasteiger charge is -2.24. The highest BCUT2D eigenvalue weighted by Crippen LogP contribution is 2.23. The maximum absolute atomic E-state index is 12.0. The second-order valence-electron chi connectivity index (χ2n) is 4.46.